The maximum Gasteiger partial charge on any atom is 0.420 e. The zero-order valence-corrected chi connectivity index (χ0v) is 31.5. The first-order chi connectivity index (χ1) is 23.3. The number of rotatable bonds is 7. The number of Topliss-reactive ketones (excluding diaryl/α,β-unsaturated/α-hetero) is 2. The van der Waals surface area contributed by atoms with Crippen molar-refractivity contribution in [1.29, 1.82) is 0 Å². The predicted molar refractivity (Wildman–Crippen MR) is 181 cm³/mol. The summed E-state index contributed by atoms with van der Waals surface area (Å²) in [5, 5.41) is 0. The lowest BCUT2D eigenvalue weighted by Gasteiger charge is -2.47. The predicted octanol–water partition coefficient (Wildman–Crippen LogP) is 4.13. The van der Waals surface area contributed by atoms with Crippen molar-refractivity contribution in [1.82, 2.24) is 14.5 Å². The number of esters is 2. The third-order valence-electron chi connectivity index (χ3n) is 9.93. The number of carbonyl (C=O) groups is 5. The number of hydrogen-bond acceptors (Lipinski definition) is 13. The SMILES string of the molecule is CC[C@H]1OC(=O)[C@H](C)C(=O)[C@H](C)[C@@H](O[C@@H]2O[C@H](C)C[C@H](N(C)C)[C@H]2OC(C)=O)[C@@](C)(OC)C[C@@H](C)C(=O)/C(C)=C/[C@]1(C)OC(=O)n1ccnc1. The summed E-state index contributed by atoms with van der Waals surface area (Å²) in [6, 6.07) is -0.267. The molecule has 11 atom stereocenters. The molecule has 50 heavy (non-hydrogen) atoms. The molecule has 1 aromatic heterocycles. The summed E-state index contributed by atoms with van der Waals surface area (Å²) in [4.78, 5) is 73.2. The first-order valence-corrected chi connectivity index (χ1v) is 17.2. The molecule has 0 saturated carbocycles. The van der Waals surface area contributed by atoms with Crippen LogP contribution in [0.2, 0.25) is 0 Å². The van der Waals surface area contributed by atoms with Gasteiger partial charge in [0, 0.05) is 38.3 Å². The van der Waals surface area contributed by atoms with E-state index in [-0.39, 0.29) is 36.3 Å². The van der Waals surface area contributed by atoms with Crippen LogP contribution in [0.15, 0.2) is 30.4 Å². The fraction of sp³-hybridized carbons (Fsp3) is 0.722. The van der Waals surface area contributed by atoms with Crippen LogP contribution in [-0.2, 0) is 47.6 Å². The normalized spacial score (nSPS) is 37.3. The summed E-state index contributed by atoms with van der Waals surface area (Å²) in [7, 11) is 5.20. The van der Waals surface area contributed by atoms with Gasteiger partial charge < -0.3 is 33.3 Å². The molecule has 0 amide bonds. The van der Waals surface area contributed by atoms with Crippen LogP contribution in [0.5, 0.6) is 0 Å². The number of ether oxygens (including phenoxy) is 6. The fourth-order valence-electron chi connectivity index (χ4n) is 7.10. The molecule has 0 unspecified atom stereocenters. The second-order valence-corrected chi connectivity index (χ2v) is 14.3. The number of ketones is 2. The Kier molecular flexibility index (Phi) is 13.7. The molecule has 3 rings (SSSR count). The maximum atomic E-state index is 14.2. The first kappa shape index (κ1) is 41.0. The number of hydrogen-bond donors (Lipinski definition) is 0. The fourth-order valence-corrected chi connectivity index (χ4v) is 7.10. The molecule has 1 saturated heterocycles. The summed E-state index contributed by atoms with van der Waals surface area (Å²) >= 11 is 0. The molecule has 3 heterocycles. The van der Waals surface area contributed by atoms with Crippen LogP contribution in [0.3, 0.4) is 0 Å². The van der Waals surface area contributed by atoms with Gasteiger partial charge in [-0.3, -0.25) is 19.2 Å². The van der Waals surface area contributed by atoms with E-state index in [1.54, 1.807) is 41.5 Å². The summed E-state index contributed by atoms with van der Waals surface area (Å²) in [5.41, 5.74) is -2.62. The quantitative estimate of drug-likeness (QED) is 0.226. The number of likely N-dealkylation sites (N-methyl/N-ethyl adjacent to an activating group) is 1. The third-order valence-corrected chi connectivity index (χ3v) is 9.93. The highest BCUT2D eigenvalue weighted by atomic mass is 16.7. The Balaban J connectivity index is 2.14. The third kappa shape index (κ3) is 9.25. The van der Waals surface area contributed by atoms with Crippen LogP contribution in [0.4, 0.5) is 4.79 Å². The van der Waals surface area contributed by atoms with Gasteiger partial charge in [0.2, 0.25) is 0 Å². The highest BCUT2D eigenvalue weighted by Crippen LogP contribution is 2.38. The summed E-state index contributed by atoms with van der Waals surface area (Å²) in [5.74, 6) is -5.09. The van der Waals surface area contributed by atoms with Crippen LogP contribution in [0, 0.1) is 17.8 Å². The molecule has 14 nitrogen and oxygen atoms in total. The van der Waals surface area contributed by atoms with Gasteiger partial charge in [0.15, 0.2) is 29.6 Å². The van der Waals surface area contributed by atoms with E-state index in [2.05, 4.69) is 4.98 Å². The molecule has 14 heteroatoms. The molecule has 280 valence electrons. The molecule has 0 aromatic carbocycles. The lowest BCUT2D eigenvalue weighted by atomic mass is 9.77. The van der Waals surface area contributed by atoms with E-state index in [1.165, 1.54) is 45.8 Å². The summed E-state index contributed by atoms with van der Waals surface area (Å²) < 4.78 is 37.7. The minimum Gasteiger partial charge on any atom is -0.457 e. The summed E-state index contributed by atoms with van der Waals surface area (Å²) in [6.45, 7) is 14.6. The van der Waals surface area contributed by atoms with Crippen molar-refractivity contribution >= 4 is 29.6 Å². The molecule has 2 aliphatic rings. The van der Waals surface area contributed by atoms with Gasteiger partial charge in [-0.05, 0) is 79.6 Å². The monoisotopic (exact) mass is 705 g/mol. The highest BCUT2D eigenvalue weighted by molar-refractivity contribution is 6.00. The van der Waals surface area contributed by atoms with E-state index < -0.39 is 77.4 Å². The van der Waals surface area contributed by atoms with Gasteiger partial charge in [-0.25, -0.2) is 14.3 Å². The summed E-state index contributed by atoms with van der Waals surface area (Å²) in [6.07, 6.45) is 1.25. The van der Waals surface area contributed by atoms with E-state index in [0.29, 0.717) is 6.42 Å². The number of allylic oxidation sites excluding steroid dienone is 1. The van der Waals surface area contributed by atoms with Crippen molar-refractivity contribution < 1.29 is 52.4 Å². The van der Waals surface area contributed by atoms with E-state index in [4.69, 9.17) is 28.4 Å². The Morgan fingerprint density at radius 3 is 2.32 bits per heavy atom. The van der Waals surface area contributed by atoms with Crippen LogP contribution >= 0.6 is 0 Å². The minimum absolute atomic E-state index is 0.0922. The van der Waals surface area contributed by atoms with Gasteiger partial charge in [0.05, 0.1) is 23.9 Å². The lowest BCUT2D eigenvalue weighted by Crippen LogP contribution is -2.60. The average molecular weight is 706 g/mol. The smallest absolute Gasteiger partial charge is 0.420 e. The van der Waals surface area contributed by atoms with E-state index in [1.807, 2.05) is 25.9 Å². The zero-order valence-electron chi connectivity index (χ0n) is 31.5. The number of nitrogens with zero attached hydrogens (tertiary/aromatic N) is 3. The molecular formula is C36H55N3O11. The number of aromatic nitrogens is 2. The topological polar surface area (TPSA) is 162 Å². The largest absolute Gasteiger partial charge is 0.457 e. The second kappa shape index (κ2) is 16.7. The van der Waals surface area contributed by atoms with Crippen LogP contribution in [0.25, 0.3) is 0 Å². The van der Waals surface area contributed by atoms with Crippen molar-refractivity contribution in [2.24, 2.45) is 17.8 Å². The minimum atomic E-state index is -1.59. The molecule has 1 fully saturated rings. The van der Waals surface area contributed by atoms with Crippen LogP contribution < -0.4 is 0 Å². The molecule has 1 aromatic rings. The Bertz CT molecular complexity index is 1410. The van der Waals surface area contributed by atoms with Crippen molar-refractivity contribution in [3.05, 3.63) is 30.4 Å². The Morgan fingerprint density at radius 1 is 1.12 bits per heavy atom. The zero-order chi connectivity index (χ0) is 37.7. The second-order valence-electron chi connectivity index (χ2n) is 14.3. The molecule has 0 N–H and O–H groups in total. The van der Waals surface area contributed by atoms with E-state index in [9.17, 15) is 24.0 Å². The van der Waals surface area contributed by atoms with Crippen molar-refractivity contribution in [2.75, 3.05) is 21.2 Å². The number of methoxy groups -OCH3 is 1. The number of imidazole rings is 1. The van der Waals surface area contributed by atoms with Gasteiger partial charge in [-0.15, -0.1) is 0 Å². The van der Waals surface area contributed by atoms with Gasteiger partial charge in [0.25, 0.3) is 0 Å². The average Bonchev–Trinajstić information content (AvgIpc) is 3.60. The molecule has 2 aliphatic heterocycles. The standard InChI is InChI=1S/C36H55N3O11/c1-13-27-35(8,50-34(44)39-15-14-37-19-39)17-20(2)28(41)21(3)18-36(9,45-12)31(23(5)29(42)24(6)32(43)48-27)49-33-30(47-25(7)40)26(38(10)11)16-22(4)46-33/h14-15,17,19,21-24,26-27,30-31,33H,13,16,18H2,1-12H3/b20-17+/t21-,22-,23+,24-,26+,27-,30-,31-,33+,35+,36+/m1/s1. The number of carbonyl (C=O) groups excluding carboxylic acids is 5. The molecule has 0 bridgehead atoms. The Morgan fingerprint density at radius 2 is 1.78 bits per heavy atom. The van der Waals surface area contributed by atoms with Gasteiger partial charge in [-0.2, -0.15) is 0 Å². The molecule has 0 aliphatic carbocycles. The van der Waals surface area contributed by atoms with Crippen molar-refractivity contribution in [3.63, 3.8) is 0 Å². The number of cyclic esters (lactones) is 1. The van der Waals surface area contributed by atoms with Crippen LogP contribution in [-0.4, -0.2) is 113 Å². The maximum absolute atomic E-state index is 14.2. The molecular weight excluding hydrogens is 650 g/mol. The van der Waals surface area contributed by atoms with Crippen LogP contribution in [0.1, 0.15) is 81.6 Å². The molecule has 0 radical (unpaired) electrons. The van der Waals surface area contributed by atoms with E-state index in [0.717, 1.165) is 4.57 Å². The van der Waals surface area contributed by atoms with Crippen molar-refractivity contribution in [2.45, 2.75) is 130 Å². The van der Waals surface area contributed by atoms with Gasteiger partial charge in [-0.1, -0.05) is 20.8 Å². The van der Waals surface area contributed by atoms with E-state index >= 15 is 0 Å². The lowest BCUT2D eigenvalue weighted by molar-refractivity contribution is -0.297. The van der Waals surface area contributed by atoms with Crippen molar-refractivity contribution in [3.8, 4) is 0 Å². The van der Waals surface area contributed by atoms with Gasteiger partial charge in [0.1, 0.15) is 18.3 Å². The molecule has 0 spiro atoms. The Labute approximate surface area is 295 Å². The Hall–Kier alpha value is -3.46. The highest BCUT2D eigenvalue weighted by Gasteiger charge is 2.51. The van der Waals surface area contributed by atoms with Gasteiger partial charge >= 0.3 is 18.0 Å². The first-order valence-electron chi connectivity index (χ1n) is 17.2.